The average molecular weight is 577 g/mol. The number of furan rings is 1. The van der Waals surface area contributed by atoms with Crippen molar-refractivity contribution in [3.63, 3.8) is 0 Å². The molecule has 43 heavy (non-hydrogen) atoms. The molecule has 2 fully saturated rings. The van der Waals surface area contributed by atoms with E-state index in [1.807, 2.05) is 48.5 Å². The lowest BCUT2D eigenvalue weighted by Crippen LogP contribution is -2.38. The average Bonchev–Trinajstić information content (AvgIpc) is 3.63. The first kappa shape index (κ1) is 27.7. The van der Waals surface area contributed by atoms with Gasteiger partial charge in [-0.2, -0.15) is 0 Å². The van der Waals surface area contributed by atoms with Gasteiger partial charge >= 0.3 is 0 Å². The van der Waals surface area contributed by atoms with E-state index < -0.39 is 5.41 Å². The molecular weight excluding hydrogens is 540 g/mol. The lowest BCUT2D eigenvalue weighted by Gasteiger charge is -2.31. The number of morpholine rings is 1. The highest BCUT2D eigenvalue weighted by Crippen LogP contribution is 2.46. The van der Waals surface area contributed by atoms with Crippen molar-refractivity contribution < 1.29 is 23.4 Å². The number of hydrogen-bond donors (Lipinski definition) is 0. The van der Waals surface area contributed by atoms with E-state index in [2.05, 4.69) is 42.5 Å². The number of hydrogen-bond acceptors (Lipinski definition) is 7. The lowest BCUT2D eigenvalue weighted by molar-refractivity contribution is 0.0322. The highest BCUT2D eigenvalue weighted by molar-refractivity contribution is 6.19. The summed E-state index contributed by atoms with van der Waals surface area (Å²) in [4.78, 5) is 20.5. The maximum absolute atomic E-state index is 13.8. The van der Waals surface area contributed by atoms with Crippen molar-refractivity contribution in [2.75, 3.05) is 46.1 Å². The van der Waals surface area contributed by atoms with Crippen LogP contribution < -0.4 is 9.47 Å². The van der Waals surface area contributed by atoms with Crippen molar-refractivity contribution >= 4 is 16.8 Å². The SMILES string of the molecule is CC1(COc2ccnc(C#Cc3ccc4c5c(oc4c3)C(C)(C)c3cc(OCCN4CCOCC4)ccc3C5=O)c2)CC1. The minimum absolute atomic E-state index is 0.0251. The molecule has 0 atom stereocenters. The van der Waals surface area contributed by atoms with Crippen molar-refractivity contribution in [2.24, 2.45) is 5.41 Å². The summed E-state index contributed by atoms with van der Waals surface area (Å²) < 4.78 is 23.9. The number of carbonyl (C=O) groups is 1. The van der Waals surface area contributed by atoms with E-state index in [1.54, 1.807) is 6.20 Å². The molecule has 0 N–H and O–H groups in total. The normalized spacial score (nSPS) is 18.3. The fourth-order valence-corrected chi connectivity index (χ4v) is 5.86. The standard InChI is InChI=1S/C36H36N2O5/c1-35(2)30-22-26(41-19-16-38-14-17-40-18-15-38)7-9-28(30)33(39)32-29-8-5-24(20-31(29)43-34(32)35)4-6-25-21-27(10-13-37-25)42-23-36(3)11-12-36/h5,7-10,13,20-22H,11-12,14-19,23H2,1-3H3. The van der Waals surface area contributed by atoms with Crippen LogP contribution in [-0.4, -0.2) is 61.7 Å². The van der Waals surface area contributed by atoms with Gasteiger partial charge < -0.3 is 18.6 Å². The summed E-state index contributed by atoms with van der Waals surface area (Å²) in [6, 6.07) is 15.3. The van der Waals surface area contributed by atoms with E-state index in [-0.39, 0.29) is 5.78 Å². The van der Waals surface area contributed by atoms with Crippen molar-refractivity contribution in [3.05, 3.63) is 88.4 Å². The van der Waals surface area contributed by atoms with E-state index in [0.29, 0.717) is 46.8 Å². The molecule has 220 valence electrons. The number of ketones is 1. The first-order chi connectivity index (χ1) is 20.8. The highest BCUT2D eigenvalue weighted by Gasteiger charge is 2.42. The summed E-state index contributed by atoms with van der Waals surface area (Å²) in [6.07, 6.45) is 4.15. The summed E-state index contributed by atoms with van der Waals surface area (Å²) in [7, 11) is 0. The molecule has 7 heteroatoms. The minimum atomic E-state index is -0.519. The molecule has 7 rings (SSSR count). The molecule has 4 aromatic rings. The lowest BCUT2D eigenvalue weighted by atomic mass is 9.71. The first-order valence-electron chi connectivity index (χ1n) is 15.1. The zero-order valence-corrected chi connectivity index (χ0v) is 25.0. The Balaban J connectivity index is 1.11. The van der Waals surface area contributed by atoms with Gasteiger partial charge in [0.05, 0.1) is 25.4 Å². The Morgan fingerprint density at radius 1 is 0.953 bits per heavy atom. The second-order valence-electron chi connectivity index (χ2n) is 12.7. The number of ether oxygens (including phenoxy) is 3. The van der Waals surface area contributed by atoms with Crippen molar-refractivity contribution in [1.82, 2.24) is 9.88 Å². The van der Waals surface area contributed by atoms with Gasteiger partial charge in [-0.05, 0) is 80.6 Å². The molecule has 2 aromatic carbocycles. The summed E-state index contributed by atoms with van der Waals surface area (Å²) in [5, 5.41) is 0.803. The molecule has 2 aliphatic carbocycles. The second-order valence-corrected chi connectivity index (χ2v) is 12.7. The number of carbonyl (C=O) groups excluding carboxylic acids is 1. The number of rotatable bonds is 7. The van der Waals surface area contributed by atoms with E-state index in [1.165, 1.54) is 12.8 Å². The Morgan fingerprint density at radius 3 is 2.58 bits per heavy atom. The molecule has 1 saturated carbocycles. The van der Waals surface area contributed by atoms with Crippen LogP contribution in [0.2, 0.25) is 0 Å². The van der Waals surface area contributed by atoms with E-state index in [4.69, 9.17) is 18.6 Å². The van der Waals surface area contributed by atoms with Crippen LogP contribution in [0.1, 0.15) is 72.1 Å². The Labute approximate surface area is 252 Å². The van der Waals surface area contributed by atoms with Gasteiger partial charge in [0.15, 0.2) is 5.78 Å². The topological polar surface area (TPSA) is 74.0 Å². The third kappa shape index (κ3) is 5.53. The molecule has 2 aromatic heterocycles. The van der Waals surface area contributed by atoms with Gasteiger partial charge in [0, 0.05) is 59.2 Å². The fraction of sp³-hybridized carbons (Fsp3) is 0.389. The molecule has 7 nitrogen and oxygen atoms in total. The zero-order chi connectivity index (χ0) is 29.6. The quantitative estimate of drug-likeness (QED) is 0.250. The Hall–Kier alpha value is -4.12. The smallest absolute Gasteiger partial charge is 0.197 e. The third-order valence-electron chi connectivity index (χ3n) is 8.93. The maximum Gasteiger partial charge on any atom is 0.197 e. The Kier molecular flexibility index (Phi) is 6.99. The molecule has 3 aliphatic rings. The van der Waals surface area contributed by atoms with E-state index in [0.717, 1.165) is 60.9 Å². The van der Waals surface area contributed by atoms with Gasteiger partial charge in [0.25, 0.3) is 0 Å². The number of pyridine rings is 1. The molecule has 0 amide bonds. The summed E-state index contributed by atoms with van der Waals surface area (Å²) in [6.45, 7) is 12.0. The highest BCUT2D eigenvalue weighted by atomic mass is 16.5. The molecule has 0 spiro atoms. The van der Waals surface area contributed by atoms with Gasteiger partial charge in [0.1, 0.15) is 35.1 Å². The molecule has 1 aliphatic heterocycles. The van der Waals surface area contributed by atoms with Crippen LogP contribution in [0.4, 0.5) is 0 Å². The third-order valence-corrected chi connectivity index (χ3v) is 8.93. The Morgan fingerprint density at radius 2 is 1.77 bits per heavy atom. The molecular formula is C36H36N2O5. The molecule has 3 heterocycles. The molecule has 0 radical (unpaired) electrons. The van der Waals surface area contributed by atoms with Crippen molar-refractivity contribution in [3.8, 4) is 23.3 Å². The van der Waals surface area contributed by atoms with Crippen LogP contribution in [0.25, 0.3) is 11.0 Å². The zero-order valence-electron chi connectivity index (χ0n) is 25.0. The monoisotopic (exact) mass is 576 g/mol. The van der Waals surface area contributed by atoms with Crippen LogP contribution in [0.5, 0.6) is 11.5 Å². The number of nitrogens with zero attached hydrogens (tertiary/aromatic N) is 2. The van der Waals surface area contributed by atoms with E-state index in [9.17, 15) is 4.79 Å². The summed E-state index contributed by atoms with van der Waals surface area (Å²) in [5.74, 6) is 8.55. The van der Waals surface area contributed by atoms with Crippen molar-refractivity contribution in [1.29, 1.82) is 0 Å². The molecule has 1 saturated heterocycles. The first-order valence-corrected chi connectivity index (χ1v) is 15.1. The van der Waals surface area contributed by atoms with Gasteiger partial charge in [-0.1, -0.05) is 12.8 Å². The van der Waals surface area contributed by atoms with Gasteiger partial charge in [-0.15, -0.1) is 0 Å². The van der Waals surface area contributed by atoms with Crippen LogP contribution in [0.3, 0.4) is 0 Å². The van der Waals surface area contributed by atoms with Crippen LogP contribution >= 0.6 is 0 Å². The predicted octanol–water partition coefficient (Wildman–Crippen LogP) is 5.99. The van der Waals surface area contributed by atoms with Gasteiger partial charge in [0.2, 0.25) is 0 Å². The number of fused-ring (bicyclic) bond motifs is 4. The molecule has 0 bridgehead atoms. The van der Waals surface area contributed by atoms with Gasteiger partial charge in [-0.3, -0.25) is 9.69 Å². The minimum Gasteiger partial charge on any atom is -0.493 e. The van der Waals surface area contributed by atoms with Crippen LogP contribution in [-0.2, 0) is 10.2 Å². The number of aromatic nitrogens is 1. The predicted molar refractivity (Wildman–Crippen MR) is 164 cm³/mol. The van der Waals surface area contributed by atoms with Crippen LogP contribution in [0.15, 0.2) is 59.1 Å². The largest absolute Gasteiger partial charge is 0.493 e. The van der Waals surface area contributed by atoms with Crippen molar-refractivity contribution in [2.45, 2.75) is 39.0 Å². The molecule has 0 unspecified atom stereocenters. The Bertz CT molecular complexity index is 1770. The maximum atomic E-state index is 13.8. The summed E-state index contributed by atoms with van der Waals surface area (Å²) in [5.41, 5.74) is 4.10. The fourth-order valence-electron chi connectivity index (χ4n) is 5.86. The van der Waals surface area contributed by atoms with Crippen LogP contribution in [0, 0.1) is 17.3 Å². The van der Waals surface area contributed by atoms with Gasteiger partial charge in [-0.25, -0.2) is 4.98 Å². The second kappa shape index (κ2) is 10.9. The number of benzene rings is 2. The summed E-state index contributed by atoms with van der Waals surface area (Å²) >= 11 is 0. The van der Waals surface area contributed by atoms with E-state index >= 15 is 0 Å².